The smallest absolute Gasteiger partial charge is 0.227 e. The SMILES string of the molecule is [2H]C1(C(C)(C)C)CCC(=C)NC1=O.[2H]C1([2H])CC(=C)NC(=O)C1([2H])C(C)(C)C.[2H]C1([2H])CC([2H])(C(C)(C)C)C(=O)NC1=C.[2H]C1C(=C)NC(=O)C([2H])(C(C)(C)C)C1([2H])[2H].[2H]C1C(=C)NC(=O)C([2H])(C(C)(C)C)C1[2H].[2H]C1C([2H])([2H])C(=C)NC(=O)C1([2H])C(C)(C)C.[2H]C1CC(=C)N([2H])C(=O)C1([2H])C(C)(C)C.[2H]C1CC(=C)NC(=O)C1([2H])C(C)(C)C.[2H]C1CC([2H])(C(C)(C)C)C(=O)N([2H])C1=C.[2H]C1CC([2H])(C(C)(C)C)C(=O)NC1=C.[2H]N1C(=C)CC([2H])([2H])C([2H])(C(C)(C)C)C1=O.[2H]N1C(=C)CCC([2H])(C(C)(C)C)C1=O. The van der Waals surface area contributed by atoms with Gasteiger partial charge in [-0.2, -0.15) is 0 Å². The Morgan fingerprint density at radius 1 is 0.188 bits per heavy atom. The standard InChI is InChI=1S/12C10H17NO/c12*1-7-5-6-8(9(12)11-7)10(2,3)4/h12*8H,1,5-6H2,2-4H3,(H,11,12)/i5D2,6D,8D;5D,6D2,8D;5D,6D,8D;2*6D2,8D;2*6D,8D;5D2,8D;2*5D,8D;2*8D/hD4. The first-order chi connectivity index (χ1) is 78.1. The molecule has 24 nitrogen and oxygen atoms in total. The lowest BCUT2D eigenvalue weighted by Gasteiger charge is -2.33. The third-order valence-corrected chi connectivity index (χ3v) is 22.4. The van der Waals surface area contributed by atoms with Crippen LogP contribution in [0.3, 0.4) is 0 Å². The first-order valence-corrected chi connectivity index (χ1v) is 48.5. The molecule has 0 bridgehead atoms. The molecular formula is C120H204N12O12. The van der Waals surface area contributed by atoms with Crippen LogP contribution in [0, 0.1) is 136 Å². The first-order valence-electron chi connectivity index (χ1n) is 65.9. The number of rotatable bonds is 0. The molecule has 0 radical (unpaired) electrons. The van der Waals surface area contributed by atoms with Gasteiger partial charge in [0.25, 0.3) is 0 Å². The van der Waals surface area contributed by atoms with E-state index < -0.39 is 272 Å². The second-order valence-electron chi connectivity index (χ2n) is 48.6. The molecule has 12 heterocycles. The summed E-state index contributed by atoms with van der Waals surface area (Å²) in [6.07, 6.45) is -14.7. The number of nitrogens with one attached hydrogen (secondary N) is 12. The summed E-state index contributed by atoms with van der Waals surface area (Å²) in [6.45, 7) is 106. The molecule has 0 aliphatic carbocycles. The Morgan fingerprint density at radius 3 is 0.771 bits per heavy atom. The van der Waals surface area contributed by atoms with Crippen LogP contribution in [0.5, 0.6) is 0 Å². The van der Waals surface area contributed by atoms with Crippen molar-refractivity contribution in [1.29, 1.82) is 0 Å². The van der Waals surface area contributed by atoms with Gasteiger partial charge in [-0.05, 0) is 219 Å². The van der Waals surface area contributed by atoms with Crippen molar-refractivity contribution in [3.63, 3.8) is 0 Å². The Morgan fingerprint density at radius 2 is 0.389 bits per heavy atom. The second-order valence-corrected chi connectivity index (χ2v) is 48.6. The highest BCUT2D eigenvalue weighted by molar-refractivity contribution is 5.88. The first kappa shape index (κ1) is 84.4. The zero-order valence-corrected chi connectivity index (χ0v) is 94.1. The largest absolute Gasteiger partial charge is 0.330 e. The van der Waals surface area contributed by atoms with E-state index in [0.717, 1.165) is 11.0 Å². The normalized spacial score (nSPS) is 41.1. The number of carbonyl (C=O) groups excluding carboxylic acids is 12. The van der Waals surface area contributed by atoms with Crippen molar-refractivity contribution < 1.29 is 104 Å². The van der Waals surface area contributed by atoms with Crippen LogP contribution < -0.4 is 63.8 Å². The molecule has 0 aromatic rings. The van der Waals surface area contributed by atoms with Crippen LogP contribution in [0.4, 0.5) is 0 Å². The van der Waals surface area contributed by atoms with E-state index in [1.54, 1.807) is 166 Å². The van der Waals surface area contributed by atoms with Crippen molar-refractivity contribution in [3.05, 3.63) is 147 Å². The lowest BCUT2D eigenvalue weighted by Crippen LogP contribution is -2.41. The molecule has 12 amide bonds. The maximum atomic E-state index is 12.0. The van der Waals surface area contributed by atoms with Gasteiger partial charge in [0, 0.05) is 180 Å². The second kappa shape index (κ2) is 55.0. The van der Waals surface area contributed by atoms with E-state index in [-0.39, 0.29) is 89.9 Å². The van der Waals surface area contributed by atoms with Crippen molar-refractivity contribution in [3.8, 4) is 0 Å². The summed E-state index contributed by atoms with van der Waals surface area (Å²) in [4.78, 5) is 141. The van der Waals surface area contributed by atoms with Crippen LogP contribution in [-0.4, -0.2) is 70.9 Å². The summed E-state index contributed by atoms with van der Waals surface area (Å²) < 4.78 is 268. The number of carbonyl (C=O) groups is 12. The highest BCUT2D eigenvalue weighted by Crippen LogP contribution is 2.43. The molecule has 0 saturated carbocycles. The van der Waals surface area contributed by atoms with Gasteiger partial charge in [-0.3, -0.25) is 57.5 Å². The Kier molecular flexibility index (Phi) is 32.2. The van der Waals surface area contributed by atoms with E-state index in [1.807, 2.05) is 83.1 Å². The summed E-state index contributed by atoms with van der Waals surface area (Å²) in [5.74, 6) is -24.8. The predicted octanol–water partition coefficient (Wildman–Crippen LogP) is 24.9. The van der Waals surface area contributed by atoms with Crippen LogP contribution in [0.25, 0.3) is 0 Å². The maximum absolute atomic E-state index is 12.0. The van der Waals surface area contributed by atoms with E-state index in [4.69, 9.17) is 46.8 Å². The summed E-state index contributed by atoms with van der Waals surface area (Å²) in [5, 5.41) is 22.2. The van der Waals surface area contributed by atoms with Gasteiger partial charge in [0.2, 0.25) is 70.9 Å². The van der Waals surface area contributed by atoms with E-state index in [2.05, 4.69) is 121 Å². The number of piperidine rings is 12. The molecule has 20 atom stereocenters. The van der Waals surface area contributed by atoms with Crippen molar-refractivity contribution in [2.45, 2.75) is 403 Å². The van der Waals surface area contributed by atoms with Gasteiger partial charge in [-0.15, -0.1) is 0 Å². The van der Waals surface area contributed by atoms with E-state index in [1.165, 1.54) is 0 Å². The molecule has 12 N–H and O–H groups in total. The fourth-order valence-corrected chi connectivity index (χ4v) is 14.1. The zero-order chi connectivity index (χ0) is 143. The molecule has 12 aliphatic rings. The van der Waals surface area contributed by atoms with Gasteiger partial charge in [0.05, 0.1) is 0 Å². The molecule has 20 unspecified atom stereocenters. The fourth-order valence-electron chi connectivity index (χ4n) is 14.1. The Balaban J connectivity index is 0.000000971. The van der Waals surface area contributed by atoms with Crippen molar-refractivity contribution in [2.24, 2.45) is 136 Å². The van der Waals surface area contributed by atoms with Crippen LogP contribution in [0.15, 0.2) is 147 Å². The average Bonchev–Trinajstić information content (AvgIpc) is 0.713. The number of allylic oxidation sites excluding steroid dienone is 12. The molecular weight excluding hydrogens is 1800 g/mol. The molecule has 0 aromatic heterocycles. The lowest BCUT2D eigenvalue weighted by molar-refractivity contribution is -0.129. The summed E-state index contributed by atoms with van der Waals surface area (Å²) >= 11 is 0. The molecule has 12 aliphatic heterocycles. The van der Waals surface area contributed by atoms with Gasteiger partial charge in [0.15, 0.2) is 5.65 Å². The molecule has 12 fully saturated rings. The van der Waals surface area contributed by atoms with Crippen LogP contribution in [-0.2, 0) is 57.5 Å². The minimum absolute atomic E-state index is 0.000486. The Bertz CT molecular complexity index is 6320. The fraction of sp³-hybridized carbons (Fsp3) is 0.700. The molecule has 0 aromatic carbocycles. The van der Waals surface area contributed by atoms with Gasteiger partial charge in [-0.25, -0.2) is 0 Å². The predicted molar refractivity (Wildman–Crippen MR) is 594 cm³/mol. The molecule has 0 spiro atoms. The molecule has 24 heteroatoms. The lowest BCUT2D eigenvalue weighted by atomic mass is 9.76. The molecule has 12 saturated heterocycles. The van der Waals surface area contributed by atoms with Crippen molar-refractivity contribution in [1.82, 2.24) is 63.8 Å². The maximum Gasteiger partial charge on any atom is 0.227 e. The molecule has 816 valence electrons. The highest BCUT2D eigenvalue weighted by atomic mass is 16.2. The number of amides is 12. The summed E-state index contributed by atoms with van der Waals surface area (Å²) in [7, 11) is 0. The third-order valence-electron chi connectivity index (χ3n) is 22.4. The minimum Gasteiger partial charge on any atom is -0.330 e. The molecule has 12 rings (SSSR count). The Hall–Kier alpha value is -9.48. The summed E-state index contributed by atoms with van der Waals surface area (Å²) in [5.41, 5.74) is -4.43. The van der Waals surface area contributed by atoms with Crippen LogP contribution >= 0.6 is 0 Å². The average molecular weight is 2040 g/mol. The molecule has 144 heavy (non-hydrogen) atoms. The Labute approximate surface area is 921 Å². The monoisotopic (exact) mass is 2040 g/mol. The van der Waals surface area contributed by atoms with Crippen molar-refractivity contribution in [2.75, 3.05) is 0 Å². The van der Waals surface area contributed by atoms with Gasteiger partial charge in [0.1, 0.15) is 0 Å². The van der Waals surface area contributed by atoms with Crippen molar-refractivity contribution >= 4 is 70.9 Å². The zero-order valence-electron chi connectivity index (χ0n) is 128. The van der Waals surface area contributed by atoms with Crippen LogP contribution in [0.1, 0.15) is 444 Å². The van der Waals surface area contributed by atoms with Gasteiger partial charge < -0.3 is 63.8 Å². The third kappa shape index (κ3) is 48.0. The van der Waals surface area contributed by atoms with E-state index in [0.29, 0.717) is 76.5 Å². The topological polar surface area (TPSA) is 349 Å². The van der Waals surface area contributed by atoms with Gasteiger partial charge in [-0.1, -0.05) is 328 Å². The number of hydrogen-bond donors (Lipinski definition) is 12. The minimum atomic E-state index is -2.26. The van der Waals surface area contributed by atoms with Gasteiger partial charge >= 0.3 is 0 Å². The van der Waals surface area contributed by atoms with Crippen LogP contribution in [0.2, 0.25) is 5.65 Å². The quantitative estimate of drug-likeness (QED) is 0.108. The highest BCUT2D eigenvalue weighted by Gasteiger charge is 2.44. The number of hydrogen-bond acceptors (Lipinski definition) is 12. The summed E-state index contributed by atoms with van der Waals surface area (Å²) in [6, 6.07) is 0. The van der Waals surface area contributed by atoms with E-state index >= 15 is 0 Å². The van der Waals surface area contributed by atoms with E-state index in [9.17, 15) is 57.5 Å².